The number of hydrogen-bond donors (Lipinski definition) is 1. The number of nitrogens with zero attached hydrogens (tertiary/aromatic N) is 1. The molecule has 1 N–H and O–H groups in total. The molecule has 1 aromatic carbocycles. The Morgan fingerprint density at radius 1 is 1.43 bits per heavy atom. The molecular formula is C17H25ClN2O. The number of hydrogen-bond acceptors (Lipinski definition) is 2. The molecule has 1 saturated heterocycles. The molecule has 21 heavy (non-hydrogen) atoms. The van der Waals surface area contributed by atoms with Gasteiger partial charge < -0.3 is 10.2 Å². The van der Waals surface area contributed by atoms with Gasteiger partial charge >= 0.3 is 0 Å². The minimum Gasteiger partial charge on any atom is -0.342 e. The highest BCUT2D eigenvalue weighted by Crippen LogP contribution is 2.32. The van der Waals surface area contributed by atoms with E-state index < -0.39 is 5.41 Å². The molecule has 1 heterocycles. The number of carbonyl (C=O) groups is 1. The average Bonchev–Trinajstić information content (AvgIpc) is 2.47. The van der Waals surface area contributed by atoms with Crippen LogP contribution in [0.4, 0.5) is 0 Å². The zero-order valence-electron chi connectivity index (χ0n) is 13.2. The van der Waals surface area contributed by atoms with Crippen LogP contribution in [-0.2, 0) is 10.2 Å². The van der Waals surface area contributed by atoms with Crippen LogP contribution in [0.5, 0.6) is 0 Å². The predicted octanol–water partition coefficient (Wildman–Crippen LogP) is 3.08. The van der Waals surface area contributed by atoms with Crippen LogP contribution in [0.25, 0.3) is 0 Å². The third kappa shape index (κ3) is 3.58. The number of piperidine rings is 1. The summed E-state index contributed by atoms with van der Waals surface area (Å²) in [6.07, 6.45) is 2.27. The Bertz CT molecular complexity index is 499. The van der Waals surface area contributed by atoms with Crippen molar-refractivity contribution in [3.05, 3.63) is 34.9 Å². The van der Waals surface area contributed by atoms with E-state index in [9.17, 15) is 4.79 Å². The molecular weight excluding hydrogens is 284 g/mol. The summed E-state index contributed by atoms with van der Waals surface area (Å²) in [5.41, 5.74) is 0.326. The van der Waals surface area contributed by atoms with Crippen molar-refractivity contribution in [1.29, 1.82) is 0 Å². The predicted molar refractivity (Wildman–Crippen MR) is 87.7 cm³/mol. The fourth-order valence-electron chi connectivity index (χ4n) is 3.18. The van der Waals surface area contributed by atoms with Crippen LogP contribution in [0.1, 0.15) is 32.3 Å². The molecule has 4 heteroatoms. The molecule has 1 aliphatic rings. The van der Waals surface area contributed by atoms with E-state index >= 15 is 0 Å². The summed E-state index contributed by atoms with van der Waals surface area (Å²) in [5, 5.41) is 3.88. The van der Waals surface area contributed by atoms with Crippen LogP contribution >= 0.6 is 11.6 Å². The Hall–Kier alpha value is -1.06. The Morgan fingerprint density at radius 2 is 2.14 bits per heavy atom. The number of carbonyl (C=O) groups excluding carboxylic acids is 1. The SMILES string of the molecule is CNC[C@@H]1CCCN(C(=O)C(C)(C)c2ccccc2Cl)C1. The van der Waals surface area contributed by atoms with Crippen LogP contribution in [0.15, 0.2) is 24.3 Å². The molecule has 1 atom stereocenters. The van der Waals surface area contributed by atoms with Gasteiger partial charge in [0.1, 0.15) is 0 Å². The third-order valence-electron chi connectivity index (χ3n) is 4.38. The molecule has 2 rings (SSSR count). The van der Waals surface area contributed by atoms with Crippen molar-refractivity contribution >= 4 is 17.5 Å². The summed E-state index contributed by atoms with van der Waals surface area (Å²) < 4.78 is 0. The fraction of sp³-hybridized carbons (Fsp3) is 0.588. The van der Waals surface area contributed by atoms with Crippen LogP contribution in [0.2, 0.25) is 5.02 Å². The normalized spacial score (nSPS) is 19.6. The van der Waals surface area contributed by atoms with Crippen molar-refractivity contribution in [3.63, 3.8) is 0 Å². The van der Waals surface area contributed by atoms with Gasteiger partial charge in [-0.3, -0.25) is 4.79 Å². The summed E-state index contributed by atoms with van der Waals surface area (Å²) in [6.45, 7) is 6.60. The van der Waals surface area contributed by atoms with Crippen molar-refractivity contribution in [2.24, 2.45) is 5.92 Å². The van der Waals surface area contributed by atoms with Gasteiger partial charge in [0, 0.05) is 18.1 Å². The van der Waals surface area contributed by atoms with Crippen LogP contribution < -0.4 is 5.32 Å². The highest BCUT2D eigenvalue weighted by atomic mass is 35.5. The fourth-order valence-corrected chi connectivity index (χ4v) is 3.56. The summed E-state index contributed by atoms with van der Waals surface area (Å²) >= 11 is 6.29. The minimum atomic E-state index is -0.583. The lowest BCUT2D eigenvalue weighted by molar-refractivity contribution is -0.138. The second-order valence-electron chi connectivity index (χ2n) is 6.42. The van der Waals surface area contributed by atoms with Crippen molar-refractivity contribution in [2.75, 3.05) is 26.7 Å². The number of likely N-dealkylation sites (tertiary alicyclic amines) is 1. The maximum atomic E-state index is 13.0. The zero-order chi connectivity index (χ0) is 15.5. The van der Waals surface area contributed by atoms with E-state index in [1.807, 2.05) is 50.1 Å². The van der Waals surface area contributed by atoms with Crippen molar-refractivity contribution < 1.29 is 4.79 Å². The molecule has 1 aliphatic heterocycles. The highest BCUT2D eigenvalue weighted by Gasteiger charge is 2.36. The highest BCUT2D eigenvalue weighted by molar-refractivity contribution is 6.31. The van der Waals surface area contributed by atoms with E-state index in [4.69, 9.17) is 11.6 Å². The molecule has 0 unspecified atom stereocenters. The first-order valence-corrected chi connectivity index (χ1v) is 8.03. The van der Waals surface area contributed by atoms with Crippen LogP contribution in [0, 0.1) is 5.92 Å². The maximum Gasteiger partial charge on any atom is 0.232 e. The van der Waals surface area contributed by atoms with Crippen LogP contribution in [0.3, 0.4) is 0 Å². The van der Waals surface area contributed by atoms with Gasteiger partial charge in [0.2, 0.25) is 5.91 Å². The summed E-state index contributed by atoms with van der Waals surface area (Å²) in [6, 6.07) is 7.65. The molecule has 0 bridgehead atoms. The summed E-state index contributed by atoms with van der Waals surface area (Å²) in [5.74, 6) is 0.728. The van der Waals surface area contributed by atoms with Crippen molar-refractivity contribution in [3.8, 4) is 0 Å². The Balaban J connectivity index is 2.16. The second kappa shape index (κ2) is 6.80. The van der Waals surface area contributed by atoms with Crippen molar-refractivity contribution in [1.82, 2.24) is 10.2 Å². The second-order valence-corrected chi connectivity index (χ2v) is 6.83. The molecule has 116 valence electrons. The standard InChI is InChI=1S/C17H25ClN2O/c1-17(2,14-8-4-5-9-15(14)18)16(21)20-10-6-7-13(12-20)11-19-3/h4-5,8-9,13,19H,6-7,10-12H2,1-3H3/t13-/m0/s1. The third-order valence-corrected chi connectivity index (χ3v) is 4.71. The monoisotopic (exact) mass is 308 g/mol. The minimum absolute atomic E-state index is 0.177. The smallest absolute Gasteiger partial charge is 0.232 e. The van der Waals surface area contributed by atoms with Crippen molar-refractivity contribution in [2.45, 2.75) is 32.1 Å². The number of halogens is 1. The molecule has 0 spiro atoms. The lowest BCUT2D eigenvalue weighted by Crippen LogP contribution is -2.49. The summed E-state index contributed by atoms with van der Waals surface area (Å²) in [7, 11) is 1.97. The lowest BCUT2D eigenvalue weighted by Gasteiger charge is -2.38. The Kier molecular flexibility index (Phi) is 5.28. The van der Waals surface area contributed by atoms with E-state index in [2.05, 4.69) is 5.32 Å². The molecule has 0 aliphatic carbocycles. The number of amides is 1. The quantitative estimate of drug-likeness (QED) is 0.927. The molecule has 0 radical (unpaired) electrons. The first-order valence-electron chi connectivity index (χ1n) is 7.65. The van der Waals surface area contributed by atoms with E-state index in [-0.39, 0.29) is 5.91 Å². The van der Waals surface area contributed by atoms with E-state index in [1.165, 1.54) is 6.42 Å². The largest absolute Gasteiger partial charge is 0.342 e. The molecule has 1 amide bonds. The molecule has 0 aromatic heterocycles. The first kappa shape index (κ1) is 16.3. The lowest BCUT2D eigenvalue weighted by atomic mass is 9.82. The molecule has 1 aromatic rings. The van der Waals surface area contributed by atoms with Gasteiger partial charge in [-0.15, -0.1) is 0 Å². The molecule has 1 fully saturated rings. The maximum absolute atomic E-state index is 13.0. The van der Waals surface area contributed by atoms with Gasteiger partial charge in [0.05, 0.1) is 5.41 Å². The van der Waals surface area contributed by atoms with E-state index in [1.54, 1.807) is 0 Å². The Labute approximate surface area is 132 Å². The van der Waals surface area contributed by atoms with Gasteiger partial charge in [-0.2, -0.15) is 0 Å². The van der Waals surface area contributed by atoms with Gasteiger partial charge in [0.25, 0.3) is 0 Å². The van der Waals surface area contributed by atoms with E-state index in [0.717, 1.165) is 31.6 Å². The average molecular weight is 309 g/mol. The topological polar surface area (TPSA) is 32.3 Å². The van der Waals surface area contributed by atoms with Gasteiger partial charge in [-0.05, 0) is 57.8 Å². The zero-order valence-corrected chi connectivity index (χ0v) is 13.9. The van der Waals surface area contributed by atoms with E-state index in [0.29, 0.717) is 10.9 Å². The first-order chi connectivity index (χ1) is 9.96. The molecule has 3 nitrogen and oxygen atoms in total. The molecule has 0 saturated carbocycles. The number of rotatable bonds is 4. The summed E-state index contributed by atoms with van der Waals surface area (Å²) in [4.78, 5) is 15.0. The Morgan fingerprint density at radius 3 is 2.81 bits per heavy atom. The van der Waals surface area contributed by atoms with Gasteiger partial charge in [-0.25, -0.2) is 0 Å². The van der Waals surface area contributed by atoms with Gasteiger partial charge in [-0.1, -0.05) is 29.8 Å². The number of benzene rings is 1. The van der Waals surface area contributed by atoms with Gasteiger partial charge in [0.15, 0.2) is 0 Å². The number of nitrogens with one attached hydrogen (secondary N) is 1. The van der Waals surface area contributed by atoms with Crippen LogP contribution in [-0.4, -0.2) is 37.5 Å².